The second-order valence-corrected chi connectivity index (χ2v) is 3.79. The highest BCUT2D eigenvalue weighted by Crippen LogP contribution is 2.25. The van der Waals surface area contributed by atoms with Crippen LogP contribution in [0.1, 0.15) is 0 Å². The second kappa shape index (κ2) is 3.92. The van der Waals surface area contributed by atoms with Crippen molar-refractivity contribution in [2.75, 3.05) is 5.73 Å². The number of aromatic nitrogens is 3. The summed E-state index contributed by atoms with van der Waals surface area (Å²) in [7, 11) is 0. The van der Waals surface area contributed by atoms with Crippen molar-refractivity contribution in [2.24, 2.45) is 0 Å². The van der Waals surface area contributed by atoms with Crippen molar-refractivity contribution in [1.82, 2.24) is 14.7 Å². The molecule has 3 N–H and O–H groups in total. The third kappa shape index (κ3) is 1.60. The Morgan fingerprint density at radius 3 is 2.61 bits per heavy atom. The summed E-state index contributed by atoms with van der Waals surface area (Å²) in [6.07, 6.45) is 4.83. The van der Waals surface area contributed by atoms with Gasteiger partial charge in [0.25, 0.3) is 0 Å². The minimum Gasteiger partial charge on any atom is -0.367 e. The topological polar surface area (TPSA) is 89.8 Å². The van der Waals surface area contributed by atoms with Crippen LogP contribution in [-0.4, -0.2) is 14.7 Å². The summed E-state index contributed by atoms with van der Waals surface area (Å²) in [5.41, 5.74) is 7.87. The third-order valence-electron chi connectivity index (χ3n) is 2.70. The number of nitrogen functional groups attached to an aromatic ring is 1. The Morgan fingerprint density at radius 2 is 2.06 bits per heavy atom. The summed E-state index contributed by atoms with van der Waals surface area (Å²) in [4.78, 5) is 14.0. The fraction of sp³-hybridized carbons (Fsp3) is 0. The molecule has 2 aromatic heterocycles. The zero-order valence-corrected chi connectivity index (χ0v) is 9.33. The molecule has 0 aliphatic heterocycles. The monoisotopic (exact) mass is 242 g/mol. The summed E-state index contributed by atoms with van der Waals surface area (Å²) in [5.74, 6) is 0.279. The van der Waals surface area contributed by atoms with Crippen molar-refractivity contribution in [3.05, 3.63) is 53.3 Å². The number of hydrogen-bond donors (Lipinski definition) is 2. The Balaban J connectivity index is 2.02. The summed E-state index contributed by atoms with van der Waals surface area (Å²) >= 11 is 0. The summed E-state index contributed by atoms with van der Waals surface area (Å²) < 4.78 is 6.32. The van der Waals surface area contributed by atoms with Gasteiger partial charge < -0.3 is 15.2 Å². The fourth-order valence-electron chi connectivity index (χ4n) is 1.79. The number of hydrogen-bond acceptors (Lipinski definition) is 4. The van der Waals surface area contributed by atoms with E-state index in [1.54, 1.807) is 18.6 Å². The smallest absolute Gasteiger partial charge is 0.330 e. The fourth-order valence-corrected chi connectivity index (χ4v) is 1.79. The zero-order chi connectivity index (χ0) is 12.5. The van der Waals surface area contributed by atoms with Crippen molar-refractivity contribution < 1.29 is 4.52 Å². The molecule has 0 unspecified atom stereocenters. The van der Waals surface area contributed by atoms with Crippen LogP contribution in [0.4, 0.5) is 5.88 Å². The maximum atomic E-state index is 11.4. The van der Waals surface area contributed by atoms with E-state index in [2.05, 4.69) is 10.1 Å². The number of benzene rings is 1. The second-order valence-electron chi connectivity index (χ2n) is 3.79. The molecule has 2 heterocycles. The molecule has 0 fully saturated rings. The zero-order valence-electron chi connectivity index (χ0n) is 9.33. The lowest BCUT2D eigenvalue weighted by atomic mass is 10.1. The normalized spacial score (nSPS) is 10.7. The van der Waals surface area contributed by atoms with Gasteiger partial charge in [0.1, 0.15) is 0 Å². The highest BCUT2D eigenvalue weighted by atomic mass is 16.5. The largest absolute Gasteiger partial charge is 0.367 e. The van der Waals surface area contributed by atoms with Gasteiger partial charge in [0.2, 0.25) is 5.88 Å². The molecule has 1 aromatic carbocycles. The van der Waals surface area contributed by atoms with Gasteiger partial charge in [-0.25, -0.2) is 4.79 Å². The number of H-pyrrole nitrogens is 1. The van der Waals surface area contributed by atoms with E-state index in [-0.39, 0.29) is 11.6 Å². The molecule has 18 heavy (non-hydrogen) atoms. The minimum absolute atomic E-state index is 0.174. The molecular formula is C12H10N4O2. The highest BCUT2D eigenvalue weighted by Gasteiger charge is 2.07. The summed E-state index contributed by atoms with van der Waals surface area (Å²) in [5, 5.41) is 3.62. The molecule has 0 saturated carbocycles. The standard InChI is InChI=1S/C12H10N4O2/c13-11-10(7-15-18-11)8-1-3-9(4-2-8)16-6-5-14-12(16)17/h1-7H,13H2,(H,14,17). The van der Waals surface area contributed by atoms with Gasteiger partial charge in [0, 0.05) is 12.4 Å². The predicted octanol–water partition coefficient (Wildman–Crippen LogP) is 1.40. The van der Waals surface area contributed by atoms with Crippen molar-refractivity contribution >= 4 is 5.88 Å². The molecule has 0 bridgehead atoms. The van der Waals surface area contributed by atoms with Crippen LogP contribution in [0.25, 0.3) is 16.8 Å². The predicted molar refractivity (Wildman–Crippen MR) is 66.3 cm³/mol. The van der Waals surface area contributed by atoms with Gasteiger partial charge in [-0.05, 0) is 17.7 Å². The molecule has 6 heteroatoms. The summed E-state index contributed by atoms with van der Waals surface area (Å²) in [6, 6.07) is 7.38. The van der Waals surface area contributed by atoms with Crippen LogP contribution >= 0.6 is 0 Å². The lowest BCUT2D eigenvalue weighted by Crippen LogP contribution is -2.13. The maximum Gasteiger partial charge on any atom is 0.330 e. The van der Waals surface area contributed by atoms with Crippen molar-refractivity contribution in [1.29, 1.82) is 0 Å². The number of rotatable bonds is 2. The van der Waals surface area contributed by atoms with Crippen molar-refractivity contribution in [3.63, 3.8) is 0 Å². The van der Waals surface area contributed by atoms with Crippen LogP contribution in [0.3, 0.4) is 0 Å². The van der Waals surface area contributed by atoms with E-state index < -0.39 is 0 Å². The number of aromatic amines is 1. The first-order valence-corrected chi connectivity index (χ1v) is 5.33. The average molecular weight is 242 g/mol. The Bertz CT molecular complexity index is 721. The Morgan fingerprint density at radius 1 is 1.28 bits per heavy atom. The number of nitrogens with two attached hydrogens (primary N) is 1. The molecule has 90 valence electrons. The molecule has 0 aliphatic carbocycles. The average Bonchev–Trinajstić information content (AvgIpc) is 2.98. The SMILES string of the molecule is Nc1oncc1-c1ccc(-n2cc[nH]c2=O)cc1. The molecule has 0 aliphatic rings. The van der Waals surface area contributed by atoms with Gasteiger partial charge in [-0.1, -0.05) is 17.3 Å². The highest BCUT2D eigenvalue weighted by molar-refractivity contribution is 5.72. The number of nitrogens with zero attached hydrogens (tertiary/aromatic N) is 2. The molecular weight excluding hydrogens is 232 g/mol. The Hall–Kier alpha value is -2.76. The summed E-state index contributed by atoms with van der Waals surface area (Å²) in [6.45, 7) is 0. The van der Waals surface area contributed by atoms with Crippen LogP contribution in [0.2, 0.25) is 0 Å². The molecule has 3 rings (SSSR count). The Kier molecular flexibility index (Phi) is 2.26. The first kappa shape index (κ1) is 10.4. The lowest BCUT2D eigenvalue weighted by Gasteiger charge is -2.02. The van der Waals surface area contributed by atoms with Gasteiger partial charge in [0.15, 0.2) is 0 Å². The van der Waals surface area contributed by atoms with E-state index in [0.717, 1.165) is 16.8 Å². The molecule has 0 spiro atoms. The van der Waals surface area contributed by atoms with E-state index in [9.17, 15) is 4.79 Å². The number of nitrogens with one attached hydrogen (secondary N) is 1. The van der Waals surface area contributed by atoms with E-state index >= 15 is 0 Å². The van der Waals surface area contributed by atoms with Crippen LogP contribution in [0.5, 0.6) is 0 Å². The van der Waals surface area contributed by atoms with Gasteiger partial charge >= 0.3 is 5.69 Å². The van der Waals surface area contributed by atoms with E-state index in [0.29, 0.717) is 0 Å². The van der Waals surface area contributed by atoms with Crippen LogP contribution in [0.15, 0.2) is 52.2 Å². The van der Waals surface area contributed by atoms with Gasteiger partial charge in [-0.2, -0.15) is 0 Å². The number of anilines is 1. The van der Waals surface area contributed by atoms with Gasteiger partial charge in [0.05, 0.1) is 17.4 Å². The molecule has 0 saturated heterocycles. The molecule has 0 amide bonds. The van der Waals surface area contributed by atoms with E-state index in [1.807, 2.05) is 24.3 Å². The van der Waals surface area contributed by atoms with Crippen LogP contribution < -0.4 is 11.4 Å². The first-order chi connectivity index (χ1) is 8.75. The molecule has 3 aromatic rings. The van der Waals surface area contributed by atoms with Crippen molar-refractivity contribution in [2.45, 2.75) is 0 Å². The van der Waals surface area contributed by atoms with Crippen molar-refractivity contribution in [3.8, 4) is 16.8 Å². The first-order valence-electron chi connectivity index (χ1n) is 5.33. The van der Waals surface area contributed by atoms with Gasteiger partial charge in [-0.15, -0.1) is 0 Å². The molecule has 6 nitrogen and oxygen atoms in total. The van der Waals surface area contributed by atoms with Crippen LogP contribution in [-0.2, 0) is 0 Å². The third-order valence-corrected chi connectivity index (χ3v) is 2.70. The van der Waals surface area contributed by atoms with E-state index in [1.165, 1.54) is 4.57 Å². The molecule has 0 atom stereocenters. The molecule has 0 radical (unpaired) electrons. The lowest BCUT2D eigenvalue weighted by molar-refractivity contribution is 0.436. The van der Waals surface area contributed by atoms with Crippen LogP contribution in [0, 0.1) is 0 Å². The Labute approximate surface area is 102 Å². The minimum atomic E-state index is -0.174. The van der Waals surface area contributed by atoms with Gasteiger partial charge in [-0.3, -0.25) is 4.57 Å². The quantitative estimate of drug-likeness (QED) is 0.710. The van der Waals surface area contributed by atoms with E-state index in [4.69, 9.17) is 10.3 Å². The maximum absolute atomic E-state index is 11.4. The number of imidazole rings is 1.